The van der Waals surface area contributed by atoms with Crippen LogP contribution in [0.3, 0.4) is 0 Å². The van der Waals surface area contributed by atoms with Gasteiger partial charge in [-0.1, -0.05) is 12.1 Å². The van der Waals surface area contributed by atoms with Crippen molar-refractivity contribution >= 4 is 17.4 Å². The summed E-state index contributed by atoms with van der Waals surface area (Å²) in [4.78, 5) is 27.4. The fraction of sp³-hybridized carbons (Fsp3) is 0.360. The lowest BCUT2D eigenvalue weighted by molar-refractivity contribution is -0.140. The minimum atomic E-state index is -0.742. The number of fused-ring (bicyclic) bond motifs is 1. The molecule has 1 amide bonds. The number of hydrogen-bond donors (Lipinski definition) is 1. The summed E-state index contributed by atoms with van der Waals surface area (Å²) in [5.74, 6) is -0.164. The number of ether oxygens (including phenoxy) is 3. The summed E-state index contributed by atoms with van der Waals surface area (Å²) in [7, 11) is 1.54. The number of amides is 1. The first kappa shape index (κ1) is 21.9. The molecule has 1 fully saturated rings. The molecule has 7 nitrogen and oxygen atoms in total. The highest BCUT2D eigenvalue weighted by Crippen LogP contribution is 2.41. The normalized spacial score (nSPS) is 21.5. The van der Waals surface area contributed by atoms with Crippen molar-refractivity contribution < 1.29 is 28.9 Å². The van der Waals surface area contributed by atoms with Crippen LogP contribution in [0, 0.1) is 0 Å². The minimum absolute atomic E-state index is 0.0586. The quantitative estimate of drug-likeness (QED) is 0.406. The van der Waals surface area contributed by atoms with E-state index in [-0.39, 0.29) is 30.6 Å². The van der Waals surface area contributed by atoms with Crippen LogP contribution in [0.1, 0.15) is 36.6 Å². The highest BCUT2D eigenvalue weighted by atomic mass is 16.5. The van der Waals surface area contributed by atoms with Gasteiger partial charge in [-0.3, -0.25) is 9.59 Å². The number of aliphatic hydroxyl groups is 1. The summed E-state index contributed by atoms with van der Waals surface area (Å²) in [5.41, 5.74) is 2.19. The number of benzene rings is 2. The zero-order valence-electron chi connectivity index (χ0n) is 18.5. The molecule has 0 spiro atoms. The van der Waals surface area contributed by atoms with Crippen LogP contribution in [-0.4, -0.2) is 54.7 Å². The molecule has 2 atom stereocenters. The second-order valence-corrected chi connectivity index (χ2v) is 7.95. The Morgan fingerprint density at radius 1 is 1.22 bits per heavy atom. The molecule has 0 radical (unpaired) electrons. The van der Waals surface area contributed by atoms with Gasteiger partial charge in [0.05, 0.1) is 24.8 Å². The van der Waals surface area contributed by atoms with E-state index in [0.717, 1.165) is 17.7 Å². The standard InChI is InChI=1S/C25H27NO6/c1-4-31-19-7-5-6-16(14-19)22-21(24(28)25(29)26(22)10-11-30-3)23(27)17-8-9-20-18(13-17)12-15(2)32-20/h5-9,13-15,22,27H,4,10-12H2,1-3H3/b23-21+. The Kier molecular flexibility index (Phi) is 6.19. The first-order chi connectivity index (χ1) is 15.4. The van der Waals surface area contributed by atoms with Crippen molar-refractivity contribution in [1.82, 2.24) is 4.90 Å². The maximum atomic E-state index is 13.1. The molecule has 0 aromatic heterocycles. The van der Waals surface area contributed by atoms with Gasteiger partial charge in [0.2, 0.25) is 0 Å². The van der Waals surface area contributed by atoms with E-state index in [1.807, 2.05) is 38.1 Å². The van der Waals surface area contributed by atoms with Crippen molar-refractivity contribution in [2.45, 2.75) is 32.4 Å². The SMILES string of the molecule is CCOc1cccc(C2/C(=C(\O)c3ccc4c(c3)CC(C)O4)C(=O)C(=O)N2CCOC)c1. The van der Waals surface area contributed by atoms with Gasteiger partial charge in [-0.25, -0.2) is 0 Å². The molecule has 2 heterocycles. The molecule has 1 saturated heterocycles. The molecule has 2 aromatic carbocycles. The Morgan fingerprint density at radius 3 is 2.78 bits per heavy atom. The van der Waals surface area contributed by atoms with Crippen LogP contribution < -0.4 is 9.47 Å². The third kappa shape index (κ3) is 3.96. The predicted molar refractivity (Wildman–Crippen MR) is 119 cm³/mol. The van der Waals surface area contributed by atoms with Gasteiger partial charge in [0, 0.05) is 25.6 Å². The third-order valence-electron chi connectivity index (χ3n) is 5.73. The van der Waals surface area contributed by atoms with E-state index in [1.54, 1.807) is 18.2 Å². The molecule has 2 unspecified atom stereocenters. The van der Waals surface area contributed by atoms with Crippen molar-refractivity contribution in [1.29, 1.82) is 0 Å². The van der Waals surface area contributed by atoms with E-state index >= 15 is 0 Å². The lowest BCUT2D eigenvalue weighted by Crippen LogP contribution is -2.32. The van der Waals surface area contributed by atoms with Gasteiger partial charge in [0.25, 0.3) is 11.7 Å². The van der Waals surface area contributed by atoms with E-state index in [0.29, 0.717) is 23.5 Å². The van der Waals surface area contributed by atoms with Crippen LogP contribution in [0.25, 0.3) is 5.76 Å². The average Bonchev–Trinajstić information content (AvgIpc) is 3.28. The molecular weight excluding hydrogens is 410 g/mol. The van der Waals surface area contributed by atoms with E-state index in [1.165, 1.54) is 12.0 Å². The van der Waals surface area contributed by atoms with Gasteiger partial charge < -0.3 is 24.2 Å². The third-order valence-corrected chi connectivity index (χ3v) is 5.73. The second-order valence-electron chi connectivity index (χ2n) is 7.95. The Hall–Kier alpha value is -3.32. The number of likely N-dealkylation sites (tertiary alicyclic amines) is 1. The van der Waals surface area contributed by atoms with Crippen LogP contribution in [0.15, 0.2) is 48.0 Å². The predicted octanol–water partition coefficient (Wildman–Crippen LogP) is 3.48. The van der Waals surface area contributed by atoms with Crippen molar-refractivity contribution in [3.05, 3.63) is 64.7 Å². The van der Waals surface area contributed by atoms with Gasteiger partial charge in [0.15, 0.2) is 0 Å². The summed E-state index contributed by atoms with van der Waals surface area (Å²) in [6.45, 7) is 4.84. The van der Waals surface area contributed by atoms with Gasteiger partial charge in [-0.05, 0) is 55.3 Å². The van der Waals surface area contributed by atoms with Crippen LogP contribution in [-0.2, 0) is 20.7 Å². The minimum Gasteiger partial charge on any atom is -0.507 e. The van der Waals surface area contributed by atoms with Crippen LogP contribution >= 0.6 is 0 Å². The van der Waals surface area contributed by atoms with Gasteiger partial charge >= 0.3 is 0 Å². The Bertz CT molecular complexity index is 1080. The van der Waals surface area contributed by atoms with Crippen molar-refractivity contribution in [3.63, 3.8) is 0 Å². The van der Waals surface area contributed by atoms with Crippen LogP contribution in [0.4, 0.5) is 0 Å². The van der Waals surface area contributed by atoms with Crippen molar-refractivity contribution in [2.24, 2.45) is 0 Å². The van der Waals surface area contributed by atoms with E-state index in [9.17, 15) is 14.7 Å². The van der Waals surface area contributed by atoms with Crippen LogP contribution in [0.2, 0.25) is 0 Å². The molecule has 0 aliphatic carbocycles. The highest BCUT2D eigenvalue weighted by molar-refractivity contribution is 6.46. The lowest BCUT2D eigenvalue weighted by Gasteiger charge is -2.25. The van der Waals surface area contributed by atoms with Gasteiger partial charge in [0.1, 0.15) is 23.4 Å². The summed E-state index contributed by atoms with van der Waals surface area (Å²) < 4.78 is 16.5. The monoisotopic (exact) mass is 437 g/mol. The maximum absolute atomic E-state index is 13.1. The van der Waals surface area contributed by atoms with E-state index in [2.05, 4.69) is 0 Å². The Labute approximate surface area is 187 Å². The number of rotatable bonds is 7. The molecule has 4 rings (SSSR count). The molecule has 168 valence electrons. The summed E-state index contributed by atoms with van der Waals surface area (Å²) in [6.07, 6.45) is 0.779. The summed E-state index contributed by atoms with van der Waals surface area (Å²) in [6, 6.07) is 11.8. The van der Waals surface area contributed by atoms with Crippen LogP contribution in [0.5, 0.6) is 11.5 Å². The first-order valence-corrected chi connectivity index (χ1v) is 10.7. The molecule has 1 N–H and O–H groups in total. The van der Waals surface area contributed by atoms with Gasteiger partial charge in [-0.2, -0.15) is 0 Å². The van der Waals surface area contributed by atoms with E-state index in [4.69, 9.17) is 14.2 Å². The average molecular weight is 437 g/mol. The molecule has 32 heavy (non-hydrogen) atoms. The fourth-order valence-electron chi connectivity index (χ4n) is 4.31. The number of carbonyl (C=O) groups excluding carboxylic acids is 2. The maximum Gasteiger partial charge on any atom is 0.295 e. The molecule has 2 aromatic rings. The fourth-order valence-corrected chi connectivity index (χ4v) is 4.31. The van der Waals surface area contributed by atoms with E-state index < -0.39 is 17.7 Å². The molecule has 2 aliphatic heterocycles. The number of methoxy groups -OCH3 is 1. The number of nitrogens with zero attached hydrogens (tertiary/aromatic N) is 1. The molecule has 0 bridgehead atoms. The van der Waals surface area contributed by atoms with Crippen molar-refractivity contribution in [2.75, 3.05) is 26.9 Å². The summed E-state index contributed by atoms with van der Waals surface area (Å²) in [5, 5.41) is 11.2. The summed E-state index contributed by atoms with van der Waals surface area (Å²) >= 11 is 0. The Morgan fingerprint density at radius 2 is 2.03 bits per heavy atom. The number of ketones is 1. The molecule has 0 saturated carbocycles. The largest absolute Gasteiger partial charge is 0.507 e. The first-order valence-electron chi connectivity index (χ1n) is 10.7. The molecular formula is C25H27NO6. The molecule has 2 aliphatic rings. The van der Waals surface area contributed by atoms with Gasteiger partial charge in [-0.15, -0.1) is 0 Å². The number of carbonyl (C=O) groups is 2. The topological polar surface area (TPSA) is 85.3 Å². The molecule has 7 heteroatoms. The Balaban J connectivity index is 1.82. The number of hydrogen-bond acceptors (Lipinski definition) is 6. The van der Waals surface area contributed by atoms with Crippen molar-refractivity contribution in [3.8, 4) is 11.5 Å². The number of Topliss-reactive ketones (excluding diaryl/α,β-unsaturated/α-hetero) is 1. The zero-order chi connectivity index (χ0) is 22.8. The smallest absolute Gasteiger partial charge is 0.295 e. The second kappa shape index (κ2) is 9.04. The lowest BCUT2D eigenvalue weighted by atomic mass is 9.94. The zero-order valence-corrected chi connectivity index (χ0v) is 18.5. The highest BCUT2D eigenvalue weighted by Gasteiger charge is 2.46. The number of aliphatic hydroxyl groups excluding tert-OH is 1.